The average Bonchev–Trinajstić information content (AvgIpc) is 2.73. The number of aromatic nitrogens is 1. The van der Waals surface area contributed by atoms with Gasteiger partial charge in [-0.3, -0.25) is 4.79 Å². The summed E-state index contributed by atoms with van der Waals surface area (Å²) < 4.78 is 0. The van der Waals surface area contributed by atoms with Gasteiger partial charge >= 0.3 is 0 Å². The van der Waals surface area contributed by atoms with E-state index in [1.54, 1.807) is 18.2 Å². The van der Waals surface area contributed by atoms with Crippen molar-refractivity contribution in [3.8, 4) is 0 Å². The monoisotopic (exact) mass is 231 g/mol. The van der Waals surface area contributed by atoms with Crippen LogP contribution in [0, 0.1) is 10.6 Å². The average molecular weight is 231 g/mol. The molecule has 0 N–H and O–H groups in total. The van der Waals surface area contributed by atoms with Gasteiger partial charge in [-0.15, -0.1) is 0 Å². The van der Waals surface area contributed by atoms with E-state index in [9.17, 15) is 4.79 Å². The highest BCUT2D eigenvalue weighted by molar-refractivity contribution is 6.16. The van der Waals surface area contributed by atoms with E-state index in [0.717, 1.165) is 21.8 Å². The number of carbonyl (C=O) groups is 1. The lowest BCUT2D eigenvalue weighted by Crippen LogP contribution is -2.15. The molecule has 1 aromatic heterocycles. The van der Waals surface area contributed by atoms with E-state index in [1.807, 2.05) is 18.2 Å². The minimum Gasteiger partial charge on any atom is -0.290 e. The molecule has 0 saturated heterocycles. The highest BCUT2D eigenvalue weighted by Gasteiger charge is 2.08. The lowest BCUT2D eigenvalue weighted by atomic mass is 10.1. The second-order valence-corrected chi connectivity index (χ2v) is 4.51. The molecule has 84 valence electrons. The van der Waals surface area contributed by atoms with Crippen molar-refractivity contribution in [3.63, 3.8) is 0 Å². The quantitative estimate of drug-likeness (QED) is 0.575. The van der Waals surface area contributed by atoms with Crippen molar-refractivity contribution in [2.75, 3.05) is 0 Å². The number of benzene rings is 1. The SMILES string of the molecule is O=C1C=Cc2nc3c(cc2=C1)C=c1ccccc1=3. The molecule has 1 aromatic carbocycles. The van der Waals surface area contributed by atoms with Crippen LogP contribution in [0.5, 0.6) is 0 Å². The van der Waals surface area contributed by atoms with Crippen molar-refractivity contribution < 1.29 is 4.79 Å². The highest BCUT2D eigenvalue weighted by Crippen LogP contribution is 2.08. The summed E-state index contributed by atoms with van der Waals surface area (Å²) in [7, 11) is 0. The van der Waals surface area contributed by atoms with Crippen molar-refractivity contribution in [3.05, 3.63) is 68.7 Å². The molecule has 0 aliphatic heterocycles. The standard InChI is InChI=1S/C16H9NO/c18-13-5-6-15-11(9-13)8-12-7-10-3-1-2-4-14(10)16(12)17-15/h1-9H. The number of pyridine rings is 1. The molecule has 1 heterocycles. The van der Waals surface area contributed by atoms with E-state index in [1.165, 1.54) is 10.4 Å². The first-order chi connectivity index (χ1) is 8.81. The van der Waals surface area contributed by atoms with Crippen LogP contribution in [0.25, 0.3) is 18.2 Å². The van der Waals surface area contributed by atoms with Crippen LogP contribution in [-0.2, 0) is 4.79 Å². The molecule has 0 radical (unpaired) electrons. The first-order valence-electron chi connectivity index (χ1n) is 5.87. The molecule has 0 atom stereocenters. The van der Waals surface area contributed by atoms with Gasteiger partial charge in [-0.2, -0.15) is 0 Å². The van der Waals surface area contributed by atoms with Crippen LogP contribution in [0.1, 0.15) is 11.3 Å². The van der Waals surface area contributed by atoms with Crippen LogP contribution >= 0.6 is 0 Å². The Morgan fingerprint density at radius 1 is 0.944 bits per heavy atom. The summed E-state index contributed by atoms with van der Waals surface area (Å²) in [6, 6.07) is 10.3. The molecule has 0 saturated carbocycles. The summed E-state index contributed by atoms with van der Waals surface area (Å²) in [6.45, 7) is 0. The fraction of sp³-hybridized carbons (Fsp3) is 0. The van der Waals surface area contributed by atoms with Crippen LogP contribution in [0.3, 0.4) is 0 Å². The molecule has 0 fully saturated rings. The van der Waals surface area contributed by atoms with Crippen LogP contribution in [0.15, 0.2) is 36.4 Å². The zero-order chi connectivity index (χ0) is 12.1. The third-order valence-electron chi connectivity index (χ3n) is 3.34. The fourth-order valence-corrected chi connectivity index (χ4v) is 2.50. The fourth-order valence-electron chi connectivity index (χ4n) is 2.50. The summed E-state index contributed by atoms with van der Waals surface area (Å²) >= 11 is 0. The zero-order valence-electron chi connectivity index (χ0n) is 9.55. The summed E-state index contributed by atoms with van der Waals surface area (Å²) in [5, 5.41) is 4.28. The van der Waals surface area contributed by atoms with E-state index in [-0.39, 0.29) is 5.78 Å². The molecule has 2 aromatic rings. The maximum absolute atomic E-state index is 11.4. The van der Waals surface area contributed by atoms with Gasteiger partial charge in [-0.1, -0.05) is 24.3 Å². The maximum atomic E-state index is 11.4. The smallest absolute Gasteiger partial charge is 0.179 e. The van der Waals surface area contributed by atoms with Crippen LogP contribution < -0.4 is 10.4 Å². The predicted octanol–water partition coefficient (Wildman–Crippen LogP) is 0.887. The molecule has 2 aliphatic rings. The zero-order valence-corrected chi connectivity index (χ0v) is 9.55. The van der Waals surface area contributed by atoms with E-state index in [2.05, 4.69) is 23.2 Å². The molecule has 2 heteroatoms. The summed E-state index contributed by atoms with van der Waals surface area (Å²) in [4.78, 5) is 16.0. The second-order valence-electron chi connectivity index (χ2n) is 4.51. The number of nitrogens with zero attached hydrogens (tertiary/aromatic N) is 1. The van der Waals surface area contributed by atoms with Gasteiger partial charge in [0.05, 0.1) is 11.0 Å². The maximum Gasteiger partial charge on any atom is 0.179 e. The van der Waals surface area contributed by atoms with Gasteiger partial charge in [0, 0.05) is 16.0 Å². The molecular formula is C16H9NO. The molecule has 0 bridgehead atoms. The van der Waals surface area contributed by atoms with Gasteiger partial charge in [0.1, 0.15) is 0 Å². The largest absolute Gasteiger partial charge is 0.290 e. The Kier molecular flexibility index (Phi) is 1.73. The Labute approximate surface area is 103 Å². The van der Waals surface area contributed by atoms with E-state index in [0.29, 0.717) is 0 Å². The molecule has 0 amide bonds. The molecule has 2 aliphatic carbocycles. The van der Waals surface area contributed by atoms with Crippen LogP contribution in [0.4, 0.5) is 0 Å². The second kappa shape index (κ2) is 3.26. The van der Waals surface area contributed by atoms with Gasteiger partial charge in [-0.05, 0) is 35.6 Å². The van der Waals surface area contributed by atoms with Crippen molar-refractivity contribution in [1.29, 1.82) is 0 Å². The van der Waals surface area contributed by atoms with Crippen molar-refractivity contribution >= 4 is 24.0 Å². The highest BCUT2D eigenvalue weighted by atomic mass is 16.1. The first kappa shape index (κ1) is 9.54. The summed E-state index contributed by atoms with van der Waals surface area (Å²) in [5.74, 6) is 0.0276. The number of allylic oxidation sites excluding steroid dienone is 1. The third kappa shape index (κ3) is 1.23. The Morgan fingerprint density at radius 3 is 2.78 bits per heavy atom. The molecule has 0 spiro atoms. The molecule has 0 unspecified atom stereocenters. The number of hydrogen-bond donors (Lipinski definition) is 0. The number of carbonyl (C=O) groups excluding carboxylic acids is 1. The summed E-state index contributed by atoms with van der Waals surface area (Å²) in [6.07, 6.45) is 7.11. The van der Waals surface area contributed by atoms with Gasteiger partial charge in [0.25, 0.3) is 0 Å². The van der Waals surface area contributed by atoms with Gasteiger partial charge in [0.15, 0.2) is 5.78 Å². The Hall–Kier alpha value is -2.48. The van der Waals surface area contributed by atoms with Gasteiger partial charge in [0.2, 0.25) is 0 Å². The van der Waals surface area contributed by atoms with E-state index in [4.69, 9.17) is 0 Å². The van der Waals surface area contributed by atoms with Gasteiger partial charge in [-0.25, -0.2) is 4.98 Å². The van der Waals surface area contributed by atoms with E-state index < -0.39 is 0 Å². The Bertz CT molecular complexity index is 936. The lowest BCUT2D eigenvalue weighted by molar-refractivity contribution is -0.109. The Morgan fingerprint density at radius 2 is 1.83 bits per heavy atom. The van der Waals surface area contributed by atoms with Crippen molar-refractivity contribution in [1.82, 2.24) is 4.98 Å². The van der Waals surface area contributed by atoms with E-state index >= 15 is 0 Å². The molecule has 18 heavy (non-hydrogen) atoms. The van der Waals surface area contributed by atoms with Crippen LogP contribution in [0.2, 0.25) is 0 Å². The number of hydrogen-bond acceptors (Lipinski definition) is 2. The molecule has 2 nitrogen and oxygen atoms in total. The van der Waals surface area contributed by atoms with Crippen molar-refractivity contribution in [2.45, 2.75) is 0 Å². The van der Waals surface area contributed by atoms with Crippen LogP contribution in [-0.4, -0.2) is 10.8 Å². The third-order valence-corrected chi connectivity index (χ3v) is 3.34. The summed E-state index contributed by atoms with van der Waals surface area (Å²) in [5.41, 5.74) is 1.97. The number of ketones is 1. The lowest BCUT2D eigenvalue weighted by Gasteiger charge is -2.01. The predicted molar refractivity (Wildman–Crippen MR) is 69.7 cm³/mol. The minimum atomic E-state index is 0.0276. The topological polar surface area (TPSA) is 30.0 Å². The Balaban J connectivity index is 2.22. The number of fused-ring (bicyclic) bond motifs is 3. The van der Waals surface area contributed by atoms with Crippen molar-refractivity contribution in [2.24, 2.45) is 0 Å². The van der Waals surface area contributed by atoms with Gasteiger partial charge < -0.3 is 0 Å². The number of rotatable bonds is 0. The first-order valence-corrected chi connectivity index (χ1v) is 5.87. The normalized spacial score (nSPS) is 14.3. The minimum absolute atomic E-state index is 0.0276. The molecular weight excluding hydrogens is 222 g/mol. The molecule has 4 rings (SSSR count).